The zero-order valence-corrected chi connectivity index (χ0v) is 52.7. The van der Waals surface area contributed by atoms with Crippen molar-refractivity contribution < 1.29 is 78.8 Å². The number of aromatic hydroxyl groups is 5. The number of carboxylic acids is 1. The topological polar surface area (TPSA) is 367 Å². The molecule has 0 aliphatic carbocycles. The van der Waals surface area contributed by atoms with Crippen LogP contribution in [-0.4, -0.2) is 112 Å². The molecule has 9 bridgehead atoms. The van der Waals surface area contributed by atoms with Gasteiger partial charge >= 0.3 is 5.97 Å². The van der Waals surface area contributed by atoms with E-state index in [9.17, 15) is 54.9 Å². The van der Waals surface area contributed by atoms with E-state index in [2.05, 4.69) is 31.6 Å². The van der Waals surface area contributed by atoms with Crippen molar-refractivity contribution in [3.8, 4) is 51.4 Å². The predicted octanol–water partition coefficient (Wildman–Crippen LogP) is 9.18. The molecule has 7 atom stereocenters. The number of aromatic nitrogens is 1. The number of hydrogen-bond donors (Lipinski definition) is 13. The van der Waals surface area contributed by atoms with Gasteiger partial charge in [0.15, 0.2) is 40.4 Å². The van der Waals surface area contributed by atoms with Gasteiger partial charge in [0.05, 0.1) is 30.1 Å². The standard InChI is InChI=1S/C64H51Cl6N7O16/c1-26(78)24-64(92,34-22-43(69)56(83)44(70)23-34)63(91)72-46-20-33-25-71-45-19-29(7-12-37(33)45)38-14-30-21-48(53(38)80)93-36-10-3-27(4-11-36)13-47(58(85)76-52(62(89)90)28-5-8-35(79)9-6-28)77(2)61(88)51(32-17-41(67)55(82)42(68)18-32)75-60(87)49(30)74-59(86)50(73-57(46)84)31-15-39(65)54(81)40(66)16-31/h3-12,14-19,21-23,25,46-47,49-52,71,79-83,92H,13,20,24H2,1-2H3,(H,72,91)(H,73,84)(H,74,86)(H,75,87)(H,76,85)(H,89,90)/t46-,47+,49-,50-,51-,52-,64?/m1/s1. The highest BCUT2D eigenvalue weighted by atomic mass is 35.5. The zero-order chi connectivity index (χ0) is 67.2. The Morgan fingerprint density at radius 2 is 1.17 bits per heavy atom. The second kappa shape index (κ2) is 26.6. The number of H-pyrrole nitrogens is 1. The first kappa shape index (κ1) is 66.5. The molecule has 0 radical (unpaired) electrons. The molecule has 7 aromatic carbocycles. The third kappa shape index (κ3) is 13.7. The second-order valence-electron chi connectivity index (χ2n) is 22.0. The SMILES string of the molecule is CC(=O)CC(O)(C(=O)N[C@@H]1Cc2c[nH]c3cc(ccc23)-c2cc3cc(c2O)Oc2ccc(cc2)C[C@@H](C(=O)N[C@@H](C(=O)O)c2ccc(O)cc2)N(C)C(=O)[C@@H](c2cc(Cl)c(O)c(Cl)c2)NC(=O)[C@@H]3NC(=O)[C@@H](c2cc(Cl)c(O)c(Cl)c2)NC1=O)c1cc(Cl)c(O)c(Cl)c1. The molecule has 0 saturated heterocycles. The highest BCUT2D eigenvalue weighted by molar-refractivity contribution is 6.38. The normalized spacial score (nSPS) is 18.7. The summed E-state index contributed by atoms with van der Waals surface area (Å²) >= 11 is 38.5. The van der Waals surface area contributed by atoms with Gasteiger partial charge in [-0.2, -0.15) is 0 Å². The molecular weight excluding hydrogens is 1340 g/mol. The average Bonchev–Trinajstić information content (AvgIpc) is 1.78. The monoisotopic (exact) mass is 1380 g/mol. The number of nitrogens with one attached hydrogen (secondary N) is 6. The Bertz CT molecular complexity index is 4350. The lowest BCUT2D eigenvalue weighted by Crippen LogP contribution is -2.56. The molecule has 8 aromatic rings. The van der Waals surface area contributed by atoms with E-state index in [4.69, 9.17) is 74.3 Å². The fourth-order valence-electron chi connectivity index (χ4n) is 10.9. The number of likely N-dealkylation sites (N-methyl/N-ethyl adjacent to an activating group) is 1. The fourth-order valence-corrected chi connectivity index (χ4v) is 12.4. The highest BCUT2D eigenvalue weighted by Crippen LogP contribution is 2.45. The number of carboxylic acid groups (broad SMARTS) is 1. The van der Waals surface area contributed by atoms with Crippen molar-refractivity contribution in [2.45, 2.75) is 68.0 Å². The quantitative estimate of drug-likeness (QED) is 0.0574. The van der Waals surface area contributed by atoms with Crippen LogP contribution in [0, 0.1) is 0 Å². The predicted molar refractivity (Wildman–Crippen MR) is 341 cm³/mol. The number of aromatic amines is 1. The van der Waals surface area contributed by atoms with E-state index in [1.54, 1.807) is 18.2 Å². The minimum Gasteiger partial charge on any atom is -0.508 e. The van der Waals surface area contributed by atoms with Crippen LogP contribution in [0.4, 0.5) is 0 Å². The number of carbonyl (C=O) groups excluding carboxylic acids is 7. The lowest BCUT2D eigenvalue weighted by Gasteiger charge is -2.33. The van der Waals surface area contributed by atoms with Gasteiger partial charge in [-0.15, -0.1) is 0 Å². The van der Waals surface area contributed by atoms with Crippen molar-refractivity contribution in [3.63, 3.8) is 0 Å². The number of amides is 6. The van der Waals surface area contributed by atoms with Gasteiger partial charge in [-0.05, 0) is 130 Å². The third-order valence-electron chi connectivity index (χ3n) is 15.8. The van der Waals surface area contributed by atoms with Gasteiger partial charge in [0.2, 0.25) is 29.5 Å². The number of phenols is 5. The number of rotatable bonds is 11. The number of aliphatic carboxylic acids is 1. The molecule has 23 nitrogen and oxygen atoms in total. The molecule has 12 rings (SSSR count). The Morgan fingerprint density at radius 1 is 0.645 bits per heavy atom. The molecule has 0 spiro atoms. The molecule has 29 heteroatoms. The highest BCUT2D eigenvalue weighted by Gasteiger charge is 2.44. The molecule has 1 unspecified atom stereocenters. The summed E-state index contributed by atoms with van der Waals surface area (Å²) in [4.78, 5) is 122. The van der Waals surface area contributed by atoms with Crippen molar-refractivity contribution in [3.05, 3.63) is 191 Å². The number of halogens is 6. The molecule has 1 aromatic heterocycles. The van der Waals surface area contributed by atoms with Gasteiger partial charge in [-0.1, -0.05) is 106 Å². The van der Waals surface area contributed by atoms with Crippen LogP contribution in [0.1, 0.15) is 76.5 Å². The number of Topliss-reactive ketones (excluding diaryl/α,β-unsaturated/α-hetero) is 1. The first-order valence-electron chi connectivity index (χ1n) is 27.8. The Kier molecular flexibility index (Phi) is 19.0. The summed E-state index contributed by atoms with van der Waals surface area (Å²) in [5.41, 5.74) is -2.56. The first-order chi connectivity index (χ1) is 44.0. The molecule has 5 heterocycles. The fraction of sp³-hybridized carbons (Fsp3) is 0.188. The first-order valence-corrected chi connectivity index (χ1v) is 30.1. The molecule has 0 saturated carbocycles. The van der Waals surface area contributed by atoms with Crippen LogP contribution in [0.3, 0.4) is 0 Å². The summed E-state index contributed by atoms with van der Waals surface area (Å²) in [6.45, 7) is 1.07. The van der Waals surface area contributed by atoms with Crippen LogP contribution in [0.5, 0.6) is 40.2 Å². The van der Waals surface area contributed by atoms with Crippen molar-refractivity contribution in [2.24, 2.45) is 0 Å². The molecule has 93 heavy (non-hydrogen) atoms. The van der Waals surface area contributed by atoms with Crippen LogP contribution in [0.25, 0.3) is 22.0 Å². The van der Waals surface area contributed by atoms with E-state index in [1.807, 2.05) is 0 Å². The minimum atomic E-state index is -2.85. The van der Waals surface area contributed by atoms with E-state index in [0.717, 1.165) is 48.2 Å². The maximum absolute atomic E-state index is 15.9. The van der Waals surface area contributed by atoms with E-state index < -0.39 is 155 Å². The number of nitrogens with zero attached hydrogens (tertiary/aromatic N) is 1. The summed E-state index contributed by atoms with van der Waals surface area (Å²) in [6, 6.07) is 13.0. The molecule has 4 aliphatic heterocycles. The van der Waals surface area contributed by atoms with E-state index in [-0.39, 0.29) is 62.6 Å². The summed E-state index contributed by atoms with van der Waals surface area (Å²) in [6.07, 6.45) is -0.220. The average molecular weight is 1390 g/mol. The number of aliphatic hydroxyl groups is 1. The number of ether oxygens (including phenoxy) is 1. The van der Waals surface area contributed by atoms with Gasteiger partial charge in [-0.3, -0.25) is 33.6 Å². The van der Waals surface area contributed by atoms with Crippen LogP contribution in [-0.2, 0) is 56.8 Å². The maximum Gasteiger partial charge on any atom is 0.330 e. The van der Waals surface area contributed by atoms with Gasteiger partial charge in [0.1, 0.15) is 47.5 Å². The zero-order valence-electron chi connectivity index (χ0n) is 48.2. The number of fused-ring (bicyclic) bond motifs is 15. The number of benzene rings is 7. The summed E-state index contributed by atoms with van der Waals surface area (Å²) in [5.74, 6) is -12.4. The Morgan fingerprint density at radius 3 is 1.73 bits per heavy atom. The number of carbonyl (C=O) groups is 8. The lowest BCUT2D eigenvalue weighted by molar-refractivity contribution is -0.147. The Balaban J connectivity index is 1.16. The Labute approximate surface area is 556 Å². The van der Waals surface area contributed by atoms with Crippen molar-refractivity contribution in [2.75, 3.05) is 7.05 Å². The molecule has 480 valence electrons. The van der Waals surface area contributed by atoms with Gasteiger partial charge in [0, 0.05) is 49.0 Å². The molecular formula is C64H51Cl6N7O16. The summed E-state index contributed by atoms with van der Waals surface area (Å²) in [5, 5.41) is 87.6. The van der Waals surface area contributed by atoms with Crippen LogP contribution >= 0.6 is 69.6 Å². The minimum absolute atomic E-state index is 0.0194. The lowest BCUT2D eigenvalue weighted by atomic mass is 9.87. The molecule has 0 fully saturated rings. The second-order valence-corrected chi connectivity index (χ2v) is 24.5. The van der Waals surface area contributed by atoms with E-state index in [1.165, 1.54) is 73.9 Å². The summed E-state index contributed by atoms with van der Waals surface area (Å²) < 4.78 is 6.38. The van der Waals surface area contributed by atoms with Gasteiger partial charge < -0.3 is 77.0 Å². The van der Waals surface area contributed by atoms with E-state index >= 15 is 19.2 Å². The molecule has 13 N–H and O–H groups in total. The van der Waals surface area contributed by atoms with Crippen molar-refractivity contribution in [1.82, 2.24) is 36.5 Å². The van der Waals surface area contributed by atoms with Crippen LogP contribution in [0.2, 0.25) is 30.1 Å². The van der Waals surface area contributed by atoms with E-state index in [0.29, 0.717) is 22.0 Å². The number of ketones is 1. The number of hydrogen-bond acceptors (Lipinski definition) is 15. The summed E-state index contributed by atoms with van der Waals surface area (Å²) in [7, 11) is 1.18. The molecule has 6 amide bonds. The van der Waals surface area contributed by atoms with Crippen LogP contribution < -0.4 is 31.3 Å². The maximum atomic E-state index is 15.9. The van der Waals surface area contributed by atoms with Crippen LogP contribution in [0.15, 0.2) is 121 Å². The largest absolute Gasteiger partial charge is 0.508 e. The van der Waals surface area contributed by atoms with Gasteiger partial charge in [-0.25, -0.2) is 4.79 Å². The van der Waals surface area contributed by atoms with Gasteiger partial charge in [0.25, 0.3) is 5.91 Å². The Hall–Kier alpha value is -9.46. The van der Waals surface area contributed by atoms with Crippen molar-refractivity contribution >= 4 is 128 Å². The third-order valence-corrected chi connectivity index (χ3v) is 17.5. The van der Waals surface area contributed by atoms with Crippen molar-refractivity contribution in [1.29, 1.82) is 0 Å². The molecule has 4 aliphatic rings. The smallest absolute Gasteiger partial charge is 0.330 e. The number of phenolic OH excluding ortho intramolecular Hbond substituents is 5.